The average molecular weight is 378 g/mol. The summed E-state index contributed by atoms with van der Waals surface area (Å²) in [7, 11) is 0. The van der Waals surface area contributed by atoms with Crippen LogP contribution in [0.25, 0.3) is 11.3 Å². The molecule has 0 saturated carbocycles. The van der Waals surface area contributed by atoms with Crippen LogP contribution in [0.5, 0.6) is 0 Å². The van der Waals surface area contributed by atoms with Crippen molar-refractivity contribution >= 4 is 17.3 Å². The van der Waals surface area contributed by atoms with E-state index < -0.39 is 11.7 Å². The number of para-hydroxylation sites is 1. The van der Waals surface area contributed by atoms with Crippen LogP contribution in [0.1, 0.15) is 11.1 Å². The van der Waals surface area contributed by atoms with Crippen LogP contribution < -0.4 is 10.9 Å². The van der Waals surface area contributed by atoms with Crippen LogP contribution in [0.4, 0.5) is 18.9 Å². The molecule has 26 heavy (non-hydrogen) atoms. The second-order valence-corrected chi connectivity index (χ2v) is 6.00. The van der Waals surface area contributed by atoms with Crippen molar-refractivity contribution in [2.24, 2.45) is 0 Å². The smallest absolute Gasteiger partial charge is 0.321 e. The van der Waals surface area contributed by atoms with Crippen molar-refractivity contribution in [2.45, 2.75) is 12.7 Å². The molecule has 1 heterocycles. The Morgan fingerprint density at radius 1 is 0.962 bits per heavy atom. The van der Waals surface area contributed by atoms with Crippen molar-refractivity contribution in [3.63, 3.8) is 0 Å². The fraction of sp³-hybridized carbons (Fsp3) is 0.105. The predicted octanol–water partition coefficient (Wildman–Crippen LogP) is 5.54. The Labute approximate surface area is 153 Å². The fourth-order valence-electron chi connectivity index (χ4n) is 2.36. The zero-order valence-corrected chi connectivity index (χ0v) is 14.3. The number of hydrazine groups is 1. The van der Waals surface area contributed by atoms with Gasteiger partial charge in [-0.25, -0.2) is 5.43 Å². The van der Waals surface area contributed by atoms with E-state index in [0.29, 0.717) is 17.8 Å². The number of anilines is 1. The molecule has 0 aliphatic heterocycles. The van der Waals surface area contributed by atoms with E-state index in [1.165, 1.54) is 0 Å². The molecule has 1 aromatic heterocycles. The van der Waals surface area contributed by atoms with Crippen LogP contribution in [0.15, 0.2) is 66.9 Å². The van der Waals surface area contributed by atoms with Gasteiger partial charge >= 0.3 is 6.18 Å². The van der Waals surface area contributed by atoms with E-state index in [-0.39, 0.29) is 5.02 Å². The van der Waals surface area contributed by atoms with Gasteiger partial charge in [0.1, 0.15) is 0 Å². The van der Waals surface area contributed by atoms with Crippen molar-refractivity contribution in [1.29, 1.82) is 0 Å². The number of pyridine rings is 1. The summed E-state index contributed by atoms with van der Waals surface area (Å²) in [6.07, 6.45) is -3.67. The Hall–Kier alpha value is -2.57. The average Bonchev–Trinajstić information content (AvgIpc) is 2.62. The van der Waals surface area contributed by atoms with Crippen LogP contribution in [0, 0.1) is 0 Å². The number of nitrogens with one attached hydrogen (secondary N) is 2. The van der Waals surface area contributed by atoms with E-state index in [9.17, 15) is 13.2 Å². The number of halogens is 4. The lowest BCUT2D eigenvalue weighted by Gasteiger charge is -2.11. The molecule has 0 fully saturated rings. The van der Waals surface area contributed by atoms with Gasteiger partial charge in [-0.15, -0.1) is 0 Å². The van der Waals surface area contributed by atoms with E-state index in [4.69, 9.17) is 11.6 Å². The first kappa shape index (κ1) is 18.2. The van der Waals surface area contributed by atoms with Crippen molar-refractivity contribution in [3.8, 4) is 11.3 Å². The molecule has 0 unspecified atom stereocenters. The third-order valence-electron chi connectivity index (χ3n) is 3.69. The van der Waals surface area contributed by atoms with E-state index >= 15 is 0 Å². The molecular weight excluding hydrogens is 363 g/mol. The minimum absolute atomic E-state index is 0.0311. The Kier molecular flexibility index (Phi) is 5.44. The van der Waals surface area contributed by atoms with Gasteiger partial charge in [0.15, 0.2) is 0 Å². The summed E-state index contributed by atoms with van der Waals surface area (Å²) in [6.45, 7) is 0.573. The highest BCUT2D eigenvalue weighted by atomic mass is 35.5. The molecule has 3 nitrogen and oxygen atoms in total. The number of hydrogen-bond acceptors (Lipinski definition) is 3. The maximum Gasteiger partial charge on any atom is 0.417 e. The summed E-state index contributed by atoms with van der Waals surface area (Å²) in [5.74, 6) is 0. The van der Waals surface area contributed by atoms with Gasteiger partial charge in [0.2, 0.25) is 0 Å². The van der Waals surface area contributed by atoms with E-state index in [1.807, 2.05) is 42.5 Å². The maximum absolute atomic E-state index is 12.7. The van der Waals surface area contributed by atoms with E-state index in [2.05, 4.69) is 15.8 Å². The molecule has 0 bridgehead atoms. The lowest BCUT2D eigenvalue weighted by atomic mass is 10.1. The first-order chi connectivity index (χ1) is 12.4. The number of aromatic nitrogens is 1. The zero-order valence-electron chi connectivity index (χ0n) is 13.5. The van der Waals surface area contributed by atoms with E-state index in [0.717, 1.165) is 23.5 Å². The molecule has 7 heteroatoms. The molecule has 3 aromatic rings. The minimum atomic E-state index is -4.46. The maximum atomic E-state index is 12.7. The standard InChI is InChI=1S/C19H15ClF3N3/c20-17-10-15(19(21,22)23)12-24-18(17)14-8-6-13(7-9-14)11-25-26-16-4-2-1-3-5-16/h1-10,12,25-26H,11H2. The SMILES string of the molecule is FC(F)(F)c1cnc(-c2ccc(CNNc3ccccc3)cc2)c(Cl)c1. The molecule has 0 aliphatic carbocycles. The van der Waals surface area contributed by atoms with Gasteiger partial charge in [-0.1, -0.05) is 54.1 Å². The number of alkyl halides is 3. The third kappa shape index (κ3) is 4.53. The molecule has 3 rings (SSSR count). The highest BCUT2D eigenvalue weighted by molar-refractivity contribution is 6.33. The quantitative estimate of drug-likeness (QED) is 0.573. The fourth-order valence-corrected chi connectivity index (χ4v) is 2.63. The van der Waals surface area contributed by atoms with Gasteiger partial charge in [0, 0.05) is 24.0 Å². The lowest BCUT2D eigenvalue weighted by molar-refractivity contribution is -0.137. The van der Waals surface area contributed by atoms with Gasteiger partial charge in [0.25, 0.3) is 0 Å². The number of benzene rings is 2. The molecule has 0 radical (unpaired) electrons. The highest BCUT2D eigenvalue weighted by Crippen LogP contribution is 2.33. The summed E-state index contributed by atoms with van der Waals surface area (Å²) in [5.41, 5.74) is 8.24. The van der Waals surface area contributed by atoms with Crippen molar-refractivity contribution in [1.82, 2.24) is 10.4 Å². The van der Waals surface area contributed by atoms with Gasteiger partial charge in [-0.05, 0) is 23.8 Å². The predicted molar refractivity (Wildman–Crippen MR) is 96.6 cm³/mol. The summed E-state index contributed by atoms with van der Waals surface area (Å²) < 4.78 is 38.1. The van der Waals surface area contributed by atoms with Gasteiger partial charge in [-0.2, -0.15) is 13.2 Å². The molecule has 134 valence electrons. The van der Waals surface area contributed by atoms with Crippen LogP contribution >= 0.6 is 11.6 Å². The van der Waals surface area contributed by atoms with Gasteiger partial charge < -0.3 is 5.43 Å². The molecule has 2 N–H and O–H groups in total. The number of hydrogen-bond donors (Lipinski definition) is 2. The summed E-state index contributed by atoms with van der Waals surface area (Å²) in [4.78, 5) is 3.87. The van der Waals surface area contributed by atoms with E-state index in [1.54, 1.807) is 12.1 Å². The highest BCUT2D eigenvalue weighted by Gasteiger charge is 2.31. The third-order valence-corrected chi connectivity index (χ3v) is 3.98. The van der Waals surface area contributed by atoms with Crippen LogP contribution in [-0.2, 0) is 12.7 Å². The topological polar surface area (TPSA) is 37.0 Å². The molecule has 2 aromatic carbocycles. The van der Waals surface area contributed by atoms with Crippen molar-refractivity contribution in [3.05, 3.63) is 83.0 Å². The molecule has 0 aliphatic rings. The molecule has 0 saturated heterocycles. The molecular formula is C19H15ClF3N3. The lowest BCUT2D eigenvalue weighted by Crippen LogP contribution is -2.20. The van der Waals surface area contributed by atoms with Crippen LogP contribution in [-0.4, -0.2) is 4.98 Å². The minimum Gasteiger partial charge on any atom is -0.321 e. The van der Waals surface area contributed by atoms with Crippen molar-refractivity contribution < 1.29 is 13.2 Å². The molecule has 0 amide bonds. The number of rotatable bonds is 5. The second kappa shape index (κ2) is 7.76. The van der Waals surface area contributed by atoms with Crippen molar-refractivity contribution in [2.75, 3.05) is 5.43 Å². The van der Waals surface area contributed by atoms with Gasteiger partial charge in [0.05, 0.1) is 16.3 Å². The Morgan fingerprint density at radius 2 is 1.65 bits per heavy atom. The summed E-state index contributed by atoms with van der Waals surface area (Å²) in [6, 6.07) is 17.9. The van der Waals surface area contributed by atoms with Gasteiger partial charge in [-0.3, -0.25) is 4.98 Å². The Bertz CT molecular complexity index is 865. The van der Waals surface area contributed by atoms with Crippen LogP contribution in [0.2, 0.25) is 5.02 Å². The molecule has 0 atom stereocenters. The normalized spacial score (nSPS) is 11.4. The Morgan fingerprint density at radius 3 is 2.27 bits per heavy atom. The number of nitrogens with zero attached hydrogens (tertiary/aromatic N) is 1. The zero-order chi connectivity index (χ0) is 18.6. The Balaban J connectivity index is 1.66. The summed E-state index contributed by atoms with van der Waals surface area (Å²) >= 11 is 5.98. The molecule has 0 spiro atoms. The largest absolute Gasteiger partial charge is 0.417 e. The first-order valence-electron chi connectivity index (χ1n) is 7.79. The monoisotopic (exact) mass is 377 g/mol. The first-order valence-corrected chi connectivity index (χ1v) is 8.17. The van der Waals surface area contributed by atoms with Crippen LogP contribution in [0.3, 0.4) is 0 Å². The summed E-state index contributed by atoms with van der Waals surface area (Å²) in [5, 5.41) is -0.0311. The second-order valence-electron chi connectivity index (χ2n) is 5.59.